The first-order valence-electron chi connectivity index (χ1n) is 1.59. The Morgan fingerprint density at radius 1 is 1.57 bits per heavy atom. The number of hydrogen-bond acceptors (Lipinski definition) is 3. The molecule has 1 rings (SSSR count). The van der Waals surface area contributed by atoms with Crippen molar-refractivity contribution >= 4 is 14.6 Å². The Labute approximate surface area is 43.6 Å². The quantitative estimate of drug-likeness (QED) is 0.387. The highest BCUT2D eigenvalue weighted by Crippen LogP contribution is 1.74. The molecular weight excluding hydrogens is 90.9 g/mol. The lowest BCUT2D eigenvalue weighted by Crippen LogP contribution is -2.03. The van der Waals surface area contributed by atoms with E-state index in [4.69, 9.17) is 0 Å². The van der Waals surface area contributed by atoms with Crippen LogP contribution in [0.25, 0.3) is 0 Å². The van der Waals surface area contributed by atoms with Crippen molar-refractivity contribution in [1.82, 2.24) is 5.59 Å². The van der Waals surface area contributed by atoms with Gasteiger partial charge in [-0.15, -0.1) is 5.59 Å². The van der Waals surface area contributed by atoms with Crippen molar-refractivity contribution in [3.63, 3.8) is 0 Å². The first-order chi connectivity index (χ1) is 3.00. The summed E-state index contributed by atoms with van der Waals surface area (Å²) in [5.41, 5.74) is 2.27. The predicted molar refractivity (Wildman–Crippen MR) is 31.8 cm³/mol. The summed E-state index contributed by atoms with van der Waals surface area (Å²) in [4.78, 5) is 4.44. The molecule has 0 fully saturated rings. The van der Waals surface area contributed by atoms with Crippen LogP contribution in [0.1, 0.15) is 0 Å². The lowest BCUT2D eigenvalue weighted by atomic mass is 10.7. The van der Waals surface area contributed by atoms with E-state index >= 15 is 0 Å². The Morgan fingerprint density at radius 3 is 2.57 bits per heavy atom. The highest BCUT2D eigenvalue weighted by atomic mass is 16.7. The van der Waals surface area contributed by atoms with Crippen LogP contribution < -0.4 is 5.59 Å². The number of nitrogens with one attached hydrogen (secondary N) is 1. The first kappa shape index (κ1) is 6.07. The van der Waals surface area contributed by atoms with Gasteiger partial charge in [0.25, 0.3) is 0 Å². The lowest BCUT2D eigenvalue weighted by Gasteiger charge is -1.96. The molecule has 7 heavy (non-hydrogen) atoms. The molecular formula is C3H7BN2O. The molecule has 0 aliphatic carbocycles. The fraction of sp³-hybridized carbons (Fsp3) is 0. The number of hydrazone groups is 1. The Hall–Kier alpha value is -0.925. The molecule has 0 saturated carbocycles. The Balaban J connectivity index is 0.000000360. The molecule has 0 atom stereocenters. The van der Waals surface area contributed by atoms with Crippen molar-refractivity contribution < 1.29 is 4.84 Å². The fourth-order valence-corrected chi connectivity index (χ4v) is 0.209. The second kappa shape index (κ2) is 3.27. The second-order valence-corrected chi connectivity index (χ2v) is 0.816. The fourth-order valence-electron chi connectivity index (χ4n) is 0.209. The molecule has 0 bridgehead atoms. The maximum Gasteiger partial charge on any atom is 0.122 e. The maximum absolute atomic E-state index is 4.44. The van der Waals surface area contributed by atoms with Gasteiger partial charge in [-0.05, 0) is 6.08 Å². The summed E-state index contributed by atoms with van der Waals surface area (Å²) in [5, 5.41) is 3.49. The SMILES string of the molecule is B.C1=CONN=C1. The van der Waals surface area contributed by atoms with E-state index in [0.717, 1.165) is 0 Å². The van der Waals surface area contributed by atoms with Crippen LogP contribution in [0.5, 0.6) is 0 Å². The summed E-state index contributed by atoms with van der Waals surface area (Å²) in [5.74, 6) is 0. The smallest absolute Gasteiger partial charge is 0.122 e. The molecule has 1 aliphatic rings. The highest BCUT2D eigenvalue weighted by Gasteiger charge is 1.73. The molecule has 0 spiro atoms. The van der Waals surface area contributed by atoms with Crippen molar-refractivity contribution in [2.45, 2.75) is 0 Å². The first-order valence-corrected chi connectivity index (χ1v) is 1.59. The van der Waals surface area contributed by atoms with Gasteiger partial charge < -0.3 is 4.84 Å². The van der Waals surface area contributed by atoms with Crippen molar-refractivity contribution in [2.24, 2.45) is 5.10 Å². The zero-order valence-corrected chi connectivity index (χ0v) is 3.09. The van der Waals surface area contributed by atoms with Crippen molar-refractivity contribution in [3.8, 4) is 0 Å². The molecule has 0 aromatic rings. The molecule has 38 valence electrons. The topological polar surface area (TPSA) is 33.6 Å². The monoisotopic (exact) mass is 98.1 g/mol. The van der Waals surface area contributed by atoms with Gasteiger partial charge in [-0.1, -0.05) is 0 Å². The summed E-state index contributed by atoms with van der Waals surface area (Å²) in [6, 6.07) is 0. The minimum atomic E-state index is 0. The van der Waals surface area contributed by atoms with Crippen LogP contribution in [0.15, 0.2) is 17.4 Å². The summed E-state index contributed by atoms with van der Waals surface area (Å²) in [6.07, 6.45) is 4.80. The van der Waals surface area contributed by atoms with Crippen LogP contribution in [0.4, 0.5) is 0 Å². The van der Waals surface area contributed by atoms with Gasteiger partial charge in [-0.3, -0.25) is 0 Å². The molecule has 1 aliphatic heterocycles. The van der Waals surface area contributed by atoms with E-state index in [9.17, 15) is 0 Å². The van der Waals surface area contributed by atoms with E-state index in [2.05, 4.69) is 15.5 Å². The average molecular weight is 97.9 g/mol. The molecule has 3 nitrogen and oxygen atoms in total. The predicted octanol–water partition coefficient (Wildman–Crippen LogP) is -1.16. The summed E-state index contributed by atoms with van der Waals surface area (Å²) < 4.78 is 0. The third-order valence-electron chi connectivity index (χ3n) is 0.413. The van der Waals surface area contributed by atoms with E-state index in [0.29, 0.717) is 0 Å². The third-order valence-corrected chi connectivity index (χ3v) is 0.413. The molecule has 0 unspecified atom stereocenters. The van der Waals surface area contributed by atoms with Gasteiger partial charge in [-0.25, -0.2) is 0 Å². The van der Waals surface area contributed by atoms with Crippen molar-refractivity contribution in [1.29, 1.82) is 0 Å². The normalized spacial score (nSPS) is 13.7. The Bertz CT molecular complexity index is 78.9. The zero-order chi connectivity index (χ0) is 4.24. The summed E-state index contributed by atoms with van der Waals surface area (Å²) >= 11 is 0. The molecule has 1 N–H and O–H groups in total. The Morgan fingerprint density at radius 2 is 2.43 bits per heavy atom. The van der Waals surface area contributed by atoms with Crippen LogP contribution in [-0.4, -0.2) is 14.6 Å². The van der Waals surface area contributed by atoms with E-state index < -0.39 is 0 Å². The molecule has 1 heterocycles. The van der Waals surface area contributed by atoms with E-state index in [1.54, 1.807) is 12.3 Å². The molecule has 0 radical (unpaired) electrons. The van der Waals surface area contributed by atoms with Gasteiger partial charge in [-0.2, -0.15) is 5.10 Å². The summed E-state index contributed by atoms with van der Waals surface area (Å²) in [7, 11) is 0. The third kappa shape index (κ3) is 1.86. The second-order valence-electron chi connectivity index (χ2n) is 0.816. The molecule has 0 saturated heterocycles. The number of rotatable bonds is 0. The minimum Gasteiger partial charge on any atom is -0.373 e. The lowest BCUT2D eigenvalue weighted by molar-refractivity contribution is 0.136. The van der Waals surface area contributed by atoms with Gasteiger partial charge >= 0.3 is 0 Å². The van der Waals surface area contributed by atoms with Crippen molar-refractivity contribution in [3.05, 3.63) is 12.3 Å². The van der Waals surface area contributed by atoms with Crippen LogP contribution in [0, 0.1) is 0 Å². The van der Waals surface area contributed by atoms with Gasteiger partial charge in [0, 0.05) is 0 Å². The van der Waals surface area contributed by atoms with E-state index in [-0.39, 0.29) is 8.41 Å². The molecule has 4 heteroatoms. The van der Waals surface area contributed by atoms with Gasteiger partial charge in [0.2, 0.25) is 0 Å². The number of hydrogen-bond donors (Lipinski definition) is 1. The molecule has 0 amide bonds. The van der Waals surface area contributed by atoms with Gasteiger partial charge in [0.15, 0.2) is 0 Å². The minimum absolute atomic E-state index is 0. The van der Waals surface area contributed by atoms with Crippen LogP contribution in [0.2, 0.25) is 0 Å². The van der Waals surface area contributed by atoms with E-state index in [1.807, 2.05) is 0 Å². The Kier molecular flexibility index (Phi) is 2.84. The van der Waals surface area contributed by atoms with Gasteiger partial charge in [0.05, 0.1) is 14.6 Å². The standard InChI is InChI=1S/C3H4N2O.BH3/c1-2-4-5-6-3-1;/h1-3,5H;1H3. The maximum atomic E-state index is 4.44. The van der Waals surface area contributed by atoms with Crippen LogP contribution >= 0.6 is 0 Å². The van der Waals surface area contributed by atoms with Crippen LogP contribution in [0.3, 0.4) is 0 Å². The average Bonchev–Trinajstić information content (AvgIpc) is 1.72. The van der Waals surface area contributed by atoms with Crippen LogP contribution in [-0.2, 0) is 4.84 Å². The van der Waals surface area contributed by atoms with Crippen molar-refractivity contribution in [2.75, 3.05) is 0 Å². The molecule has 0 aromatic carbocycles. The van der Waals surface area contributed by atoms with E-state index in [1.165, 1.54) is 6.26 Å². The molecule has 0 aromatic heterocycles. The number of nitrogens with zero attached hydrogens (tertiary/aromatic N) is 1. The largest absolute Gasteiger partial charge is 0.373 e. The van der Waals surface area contributed by atoms with Gasteiger partial charge in [0.1, 0.15) is 6.26 Å². The zero-order valence-electron chi connectivity index (χ0n) is 3.09. The summed E-state index contributed by atoms with van der Waals surface area (Å²) in [6.45, 7) is 0. The number of allylic oxidation sites excluding steroid dienone is 1. The highest BCUT2D eigenvalue weighted by molar-refractivity contribution is 5.75.